The van der Waals surface area contributed by atoms with Crippen molar-refractivity contribution in [2.45, 2.75) is 6.54 Å². The summed E-state index contributed by atoms with van der Waals surface area (Å²) in [6, 6.07) is 7.48. The van der Waals surface area contributed by atoms with Gasteiger partial charge in [-0.1, -0.05) is 11.6 Å². The number of benzene rings is 1. The lowest BCUT2D eigenvalue weighted by Crippen LogP contribution is -2.42. The molecule has 0 aliphatic rings. The second-order valence-electron chi connectivity index (χ2n) is 5.57. The van der Waals surface area contributed by atoms with Crippen LogP contribution in [0.2, 0.25) is 5.02 Å². The summed E-state index contributed by atoms with van der Waals surface area (Å²) in [4.78, 5) is 18.1. The number of rotatable bonds is 5. The lowest BCUT2D eigenvalue weighted by molar-refractivity contribution is -0.115. The van der Waals surface area contributed by atoms with Crippen molar-refractivity contribution >= 4 is 53.1 Å². The monoisotopic (exact) mass is 493 g/mol. The molecule has 0 saturated carbocycles. The van der Waals surface area contributed by atoms with Gasteiger partial charge >= 0.3 is 0 Å². The van der Waals surface area contributed by atoms with Crippen LogP contribution in [0.5, 0.6) is 0 Å². The maximum atomic E-state index is 12.9. The van der Waals surface area contributed by atoms with E-state index < -0.39 is 0 Å². The fourth-order valence-corrected chi connectivity index (χ4v) is 2.60. The minimum atomic E-state index is -0.348. The minimum absolute atomic E-state index is 0. The molecule has 0 bridgehead atoms. The molecule has 0 fully saturated rings. The van der Waals surface area contributed by atoms with E-state index in [2.05, 4.69) is 15.6 Å². The molecule has 9 heteroatoms. The number of amides is 1. The van der Waals surface area contributed by atoms with Crippen LogP contribution in [0, 0.1) is 5.82 Å². The molecule has 1 aromatic heterocycles. The minimum Gasteiger partial charge on any atom is -0.351 e. The highest BCUT2D eigenvalue weighted by Gasteiger charge is 2.11. The van der Waals surface area contributed by atoms with E-state index in [0.29, 0.717) is 23.2 Å². The Labute approximate surface area is 174 Å². The number of aryl methyl sites for hydroxylation is 1. The number of guanidine groups is 1. The molecule has 0 spiro atoms. The van der Waals surface area contributed by atoms with Gasteiger partial charge in [-0.2, -0.15) is 0 Å². The molecule has 0 aliphatic heterocycles. The smallest absolute Gasteiger partial charge is 0.243 e. The summed E-state index contributed by atoms with van der Waals surface area (Å²) in [6.07, 6.45) is 1.83. The second-order valence-corrected chi connectivity index (χ2v) is 6.01. The zero-order valence-corrected chi connectivity index (χ0v) is 17.9. The van der Waals surface area contributed by atoms with Gasteiger partial charge in [0.1, 0.15) is 5.82 Å². The first-order chi connectivity index (χ1) is 11.9. The summed E-state index contributed by atoms with van der Waals surface area (Å²) in [6.45, 7) is 0.630. The standard InChI is InChI=1S/C17H21ClFN5O.HI/c1-20-17(24(3)11-15-8-12(18)10-23(15)2)21-9-16(25)22-14-6-4-13(19)5-7-14;/h4-8,10H,9,11H2,1-3H3,(H,20,21)(H,22,25);1H. The van der Waals surface area contributed by atoms with E-state index in [1.54, 1.807) is 7.05 Å². The van der Waals surface area contributed by atoms with Crippen molar-refractivity contribution < 1.29 is 9.18 Å². The van der Waals surface area contributed by atoms with Crippen molar-refractivity contribution in [1.82, 2.24) is 14.8 Å². The van der Waals surface area contributed by atoms with Gasteiger partial charge < -0.3 is 20.1 Å². The third-order valence-corrected chi connectivity index (χ3v) is 3.79. The first-order valence-electron chi connectivity index (χ1n) is 7.67. The Hall–Kier alpha value is -1.81. The quantitative estimate of drug-likeness (QED) is 0.382. The van der Waals surface area contributed by atoms with Gasteiger partial charge in [-0.3, -0.25) is 9.79 Å². The maximum absolute atomic E-state index is 12.9. The molecule has 1 heterocycles. The van der Waals surface area contributed by atoms with Crippen molar-refractivity contribution in [2.24, 2.45) is 12.0 Å². The van der Waals surface area contributed by atoms with Crippen LogP contribution in [0.4, 0.5) is 10.1 Å². The first kappa shape index (κ1) is 22.2. The summed E-state index contributed by atoms with van der Waals surface area (Å²) in [5.74, 6) is -0.0198. The highest BCUT2D eigenvalue weighted by molar-refractivity contribution is 14.0. The maximum Gasteiger partial charge on any atom is 0.243 e. The predicted molar refractivity (Wildman–Crippen MR) is 114 cm³/mol. The molecule has 0 unspecified atom stereocenters. The number of nitrogens with one attached hydrogen (secondary N) is 2. The number of halogens is 3. The van der Waals surface area contributed by atoms with E-state index in [4.69, 9.17) is 11.6 Å². The van der Waals surface area contributed by atoms with Gasteiger partial charge in [0.2, 0.25) is 5.91 Å². The second kappa shape index (κ2) is 10.4. The van der Waals surface area contributed by atoms with E-state index in [0.717, 1.165) is 5.69 Å². The molecule has 2 N–H and O–H groups in total. The summed E-state index contributed by atoms with van der Waals surface area (Å²) < 4.78 is 14.8. The zero-order chi connectivity index (χ0) is 18.4. The molecule has 1 aromatic carbocycles. The Bertz CT molecular complexity index is 763. The molecule has 2 aromatic rings. The predicted octanol–water partition coefficient (Wildman–Crippen LogP) is 3.08. The fraction of sp³-hybridized carbons (Fsp3) is 0.294. The van der Waals surface area contributed by atoms with Gasteiger partial charge in [0, 0.05) is 38.7 Å². The van der Waals surface area contributed by atoms with Crippen LogP contribution >= 0.6 is 35.6 Å². The molecule has 0 aliphatic carbocycles. The largest absolute Gasteiger partial charge is 0.351 e. The Kier molecular flexibility index (Phi) is 8.86. The van der Waals surface area contributed by atoms with Crippen LogP contribution in [0.3, 0.4) is 0 Å². The molecule has 142 valence electrons. The van der Waals surface area contributed by atoms with E-state index >= 15 is 0 Å². The van der Waals surface area contributed by atoms with Gasteiger partial charge in [0.25, 0.3) is 0 Å². The number of hydrogen-bond donors (Lipinski definition) is 2. The van der Waals surface area contributed by atoms with Gasteiger partial charge in [0.15, 0.2) is 5.96 Å². The van der Waals surface area contributed by atoms with Gasteiger partial charge in [-0.15, -0.1) is 24.0 Å². The molecule has 1 amide bonds. The number of aromatic nitrogens is 1. The van der Waals surface area contributed by atoms with Crippen molar-refractivity contribution in [1.29, 1.82) is 0 Å². The summed E-state index contributed by atoms with van der Waals surface area (Å²) >= 11 is 5.99. The van der Waals surface area contributed by atoms with Crippen LogP contribution in [0.25, 0.3) is 0 Å². The number of aliphatic imine (C=N–C) groups is 1. The number of nitrogens with zero attached hydrogens (tertiary/aromatic N) is 3. The lowest BCUT2D eigenvalue weighted by Gasteiger charge is -2.22. The lowest BCUT2D eigenvalue weighted by atomic mass is 10.3. The van der Waals surface area contributed by atoms with Crippen molar-refractivity contribution in [2.75, 3.05) is 26.0 Å². The molecule has 6 nitrogen and oxygen atoms in total. The van der Waals surface area contributed by atoms with Crippen molar-refractivity contribution in [3.05, 3.63) is 53.1 Å². The van der Waals surface area contributed by atoms with Crippen molar-refractivity contribution in [3.63, 3.8) is 0 Å². The SMILES string of the molecule is CN=C(NCC(=O)Nc1ccc(F)cc1)N(C)Cc1cc(Cl)cn1C.I. The number of anilines is 1. The highest BCUT2D eigenvalue weighted by atomic mass is 127. The molecule has 26 heavy (non-hydrogen) atoms. The summed E-state index contributed by atoms with van der Waals surface area (Å²) in [5, 5.41) is 6.35. The average molecular weight is 494 g/mol. The summed E-state index contributed by atoms with van der Waals surface area (Å²) in [5.41, 5.74) is 1.56. The van der Waals surface area contributed by atoms with Crippen molar-refractivity contribution in [3.8, 4) is 0 Å². The third kappa shape index (κ3) is 6.49. The fourth-order valence-electron chi connectivity index (χ4n) is 2.32. The number of carbonyl (C=O) groups excluding carboxylic acids is 1. The summed E-state index contributed by atoms with van der Waals surface area (Å²) in [7, 11) is 5.43. The molecule has 0 atom stereocenters. The topological polar surface area (TPSA) is 61.7 Å². The number of carbonyl (C=O) groups is 1. The van der Waals surface area contributed by atoms with E-state index in [-0.39, 0.29) is 42.2 Å². The normalized spacial score (nSPS) is 10.9. The molecular weight excluding hydrogens is 472 g/mol. The van der Waals surface area contributed by atoms with Gasteiger partial charge in [0.05, 0.1) is 18.1 Å². The van der Waals surface area contributed by atoms with Crippen LogP contribution in [0.1, 0.15) is 5.69 Å². The average Bonchev–Trinajstić information content (AvgIpc) is 2.87. The van der Waals surface area contributed by atoms with Crippen LogP contribution < -0.4 is 10.6 Å². The Morgan fingerprint density at radius 1 is 1.35 bits per heavy atom. The molecule has 2 rings (SSSR count). The van der Waals surface area contributed by atoms with E-state index in [1.807, 2.05) is 35.8 Å². The van der Waals surface area contributed by atoms with Gasteiger partial charge in [-0.25, -0.2) is 4.39 Å². The Balaban J connectivity index is 0.00000338. The van der Waals surface area contributed by atoms with Crippen LogP contribution in [0.15, 0.2) is 41.5 Å². The molecule has 0 saturated heterocycles. The van der Waals surface area contributed by atoms with Gasteiger partial charge in [-0.05, 0) is 30.3 Å². The Morgan fingerprint density at radius 3 is 2.54 bits per heavy atom. The van der Waals surface area contributed by atoms with E-state index in [1.165, 1.54) is 24.3 Å². The highest BCUT2D eigenvalue weighted by Crippen LogP contribution is 2.14. The zero-order valence-electron chi connectivity index (χ0n) is 14.8. The first-order valence-corrected chi connectivity index (χ1v) is 8.04. The molecular formula is C17H22ClFIN5O. The Morgan fingerprint density at radius 2 is 2.00 bits per heavy atom. The molecule has 0 radical (unpaired) electrons. The van der Waals surface area contributed by atoms with E-state index in [9.17, 15) is 9.18 Å². The third-order valence-electron chi connectivity index (χ3n) is 3.58. The number of hydrogen-bond acceptors (Lipinski definition) is 2. The van der Waals surface area contributed by atoms with Crippen LogP contribution in [-0.4, -0.2) is 42.0 Å². The van der Waals surface area contributed by atoms with Crippen LogP contribution in [-0.2, 0) is 18.4 Å².